The van der Waals surface area contributed by atoms with E-state index in [4.69, 9.17) is 19.4 Å². The molecule has 8 heteroatoms. The number of benzene rings is 3. The van der Waals surface area contributed by atoms with E-state index in [1.165, 1.54) is 5.56 Å². The highest BCUT2D eigenvalue weighted by Crippen LogP contribution is 2.37. The SMILES string of the molecule is COc1ccc(/C=C/C(=O)N2CCN(c3ncnc4c3c(-c3ccccc3)cn4-c3ccc(C)cc3)CC2)cc1OC. The number of carbonyl (C=O) groups is 1. The number of piperazine rings is 1. The second kappa shape index (κ2) is 11.8. The lowest BCUT2D eigenvalue weighted by atomic mass is 10.1. The number of aromatic nitrogens is 3. The third kappa shape index (κ3) is 5.31. The van der Waals surface area contributed by atoms with Crippen LogP contribution in [0.1, 0.15) is 11.1 Å². The van der Waals surface area contributed by atoms with Gasteiger partial charge in [0.2, 0.25) is 5.91 Å². The number of aryl methyl sites for hydroxylation is 1. The van der Waals surface area contributed by atoms with Gasteiger partial charge < -0.3 is 23.8 Å². The molecule has 0 N–H and O–H groups in total. The van der Waals surface area contributed by atoms with Crippen molar-refractivity contribution in [3.8, 4) is 28.3 Å². The first-order chi connectivity index (χ1) is 20.6. The molecule has 1 amide bonds. The first-order valence-corrected chi connectivity index (χ1v) is 14.0. The number of hydrogen-bond acceptors (Lipinski definition) is 6. The van der Waals surface area contributed by atoms with Crippen LogP contribution in [0.4, 0.5) is 5.82 Å². The molecule has 0 saturated carbocycles. The molecule has 6 rings (SSSR count). The van der Waals surface area contributed by atoms with Crippen molar-refractivity contribution in [2.24, 2.45) is 0 Å². The van der Waals surface area contributed by atoms with Crippen molar-refractivity contribution < 1.29 is 14.3 Å². The van der Waals surface area contributed by atoms with Gasteiger partial charge in [-0.2, -0.15) is 0 Å². The Morgan fingerprint density at radius 3 is 2.31 bits per heavy atom. The van der Waals surface area contributed by atoms with Crippen molar-refractivity contribution in [1.29, 1.82) is 0 Å². The quantitative estimate of drug-likeness (QED) is 0.236. The van der Waals surface area contributed by atoms with Gasteiger partial charge in [0, 0.05) is 49.7 Å². The largest absolute Gasteiger partial charge is 0.493 e. The fraction of sp³-hybridized carbons (Fsp3) is 0.206. The third-order valence-electron chi connectivity index (χ3n) is 7.68. The zero-order chi connectivity index (χ0) is 29.1. The van der Waals surface area contributed by atoms with Gasteiger partial charge in [0.25, 0.3) is 0 Å². The summed E-state index contributed by atoms with van der Waals surface area (Å²) < 4.78 is 12.8. The van der Waals surface area contributed by atoms with Crippen LogP contribution in [0.5, 0.6) is 11.5 Å². The molecule has 42 heavy (non-hydrogen) atoms. The number of amides is 1. The van der Waals surface area contributed by atoms with Crippen LogP contribution in [0.2, 0.25) is 0 Å². The van der Waals surface area contributed by atoms with Gasteiger partial charge in [0.1, 0.15) is 12.1 Å². The number of carbonyl (C=O) groups excluding carboxylic acids is 1. The van der Waals surface area contributed by atoms with E-state index in [0.717, 1.165) is 39.2 Å². The fourth-order valence-electron chi connectivity index (χ4n) is 5.39. The maximum Gasteiger partial charge on any atom is 0.246 e. The summed E-state index contributed by atoms with van der Waals surface area (Å²) in [5.41, 5.74) is 6.18. The molecule has 3 aromatic carbocycles. The molecule has 0 unspecified atom stereocenters. The topological polar surface area (TPSA) is 72.7 Å². The molecule has 0 radical (unpaired) electrons. The monoisotopic (exact) mass is 559 g/mol. The predicted octanol–water partition coefficient (Wildman–Crippen LogP) is 5.78. The van der Waals surface area contributed by atoms with E-state index in [1.54, 1.807) is 26.6 Å². The van der Waals surface area contributed by atoms with E-state index < -0.39 is 0 Å². The van der Waals surface area contributed by atoms with Crippen LogP contribution in [0.3, 0.4) is 0 Å². The number of anilines is 1. The molecule has 2 aromatic heterocycles. The van der Waals surface area contributed by atoms with Gasteiger partial charge in [-0.15, -0.1) is 0 Å². The van der Waals surface area contributed by atoms with Crippen molar-refractivity contribution in [2.45, 2.75) is 6.92 Å². The normalized spacial score (nSPS) is 13.6. The van der Waals surface area contributed by atoms with Gasteiger partial charge >= 0.3 is 0 Å². The number of fused-ring (bicyclic) bond motifs is 1. The minimum atomic E-state index is -0.0206. The Morgan fingerprint density at radius 2 is 1.60 bits per heavy atom. The minimum absolute atomic E-state index is 0.0206. The molecule has 0 spiro atoms. The summed E-state index contributed by atoms with van der Waals surface area (Å²) in [5, 5.41) is 1.01. The average Bonchev–Trinajstić information content (AvgIpc) is 3.44. The van der Waals surface area contributed by atoms with E-state index in [-0.39, 0.29) is 5.91 Å². The van der Waals surface area contributed by atoms with Gasteiger partial charge in [-0.05, 0) is 48.4 Å². The molecule has 0 bridgehead atoms. The first kappa shape index (κ1) is 27.1. The summed E-state index contributed by atoms with van der Waals surface area (Å²) in [6.07, 6.45) is 7.22. The Bertz CT molecular complexity index is 1740. The number of ether oxygens (including phenoxy) is 2. The van der Waals surface area contributed by atoms with Crippen molar-refractivity contribution in [1.82, 2.24) is 19.4 Å². The van der Waals surface area contributed by atoms with Gasteiger partial charge in [-0.3, -0.25) is 4.79 Å². The van der Waals surface area contributed by atoms with Crippen molar-refractivity contribution in [2.75, 3.05) is 45.3 Å². The smallest absolute Gasteiger partial charge is 0.246 e. The average molecular weight is 560 g/mol. The van der Waals surface area contributed by atoms with Gasteiger partial charge in [0.15, 0.2) is 17.1 Å². The van der Waals surface area contributed by atoms with E-state index >= 15 is 0 Å². The highest BCUT2D eigenvalue weighted by atomic mass is 16.5. The highest BCUT2D eigenvalue weighted by molar-refractivity contribution is 6.02. The molecule has 0 atom stereocenters. The molecule has 5 aromatic rings. The van der Waals surface area contributed by atoms with Crippen LogP contribution < -0.4 is 14.4 Å². The molecule has 212 valence electrons. The Hall–Kier alpha value is -5.11. The van der Waals surface area contributed by atoms with Crippen LogP contribution in [0, 0.1) is 6.92 Å². The molecule has 1 saturated heterocycles. The number of methoxy groups -OCH3 is 2. The third-order valence-corrected chi connectivity index (χ3v) is 7.68. The van der Waals surface area contributed by atoms with Crippen LogP contribution in [-0.2, 0) is 4.79 Å². The molecular weight excluding hydrogens is 526 g/mol. The lowest BCUT2D eigenvalue weighted by Gasteiger charge is -2.35. The van der Waals surface area contributed by atoms with Crippen LogP contribution >= 0.6 is 0 Å². The van der Waals surface area contributed by atoms with Crippen LogP contribution in [0.15, 0.2) is 91.4 Å². The molecule has 1 aliphatic heterocycles. The van der Waals surface area contributed by atoms with Crippen LogP contribution in [0.25, 0.3) is 33.9 Å². The lowest BCUT2D eigenvalue weighted by molar-refractivity contribution is -0.126. The lowest BCUT2D eigenvalue weighted by Crippen LogP contribution is -2.48. The zero-order valence-corrected chi connectivity index (χ0v) is 24.0. The van der Waals surface area contributed by atoms with E-state index in [0.29, 0.717) is 37.7 Å². The molecule has 0 aliphatic carbocycles. The Morgan fingerprint density at radius 1 is 0.857 bits per heavy atom. The second-order valence-electron chi connectivity index (χ2n) is 10.3. The summed E-state index contributed by atoms with van der Waals surface area (Å²) >= 11 is 0. The van der Waals surface area contributed by atoms with Crippen molar-refractivity contribution >= 4 is 28.8 Å². The molecule has 1 fully saturated rings. The predicted molar refractivity (Wildman–Crippen MR) is 166 cm³/mol. The van der Waals surface area contributed by atoms with E-state index in [1.807, 2.05) is 47.4 Å². The van der Waals surface area contributed by atoms with Crippen molar-refractivity contribution in [3.05, 3.63) is 103 Å². The number of rotatable bonds is 7. The number of hydrogen-bond donors (Lipinski definition) is 0. The Kier molecular flexibility index (Phi) is 7.60. The summed E-state index contributed by atoms with van der Waals surface area (Å²) in [5.74, 6) is 2.15. The van der Waals surface area contributed by atoms with E-state index in [2.05, 4.69) is 59.0 Å². The molecule has 8 nitrogen and oxygen atoms in total. The summed E-state index contributed by atoms with van der Waals surface area (Å²) in [6, 6.07) is 24.4. The second-order valence-corrected chi connectivity index (χ2v) is 10.3. The molecular formula is C34H33N5O3. The van der Waals surface area contributed by atoms with Crippen molar-refractivity contribution in [3.63, 3.8) is 0 Å². The van der Waals surface area contributed by atoms with Gasteiger partial charge in [-0.25, -0.2) is 9.97 Å². The maximum atomic E-state index is 13.1. The first-order valence-electron chi connectivity index (χ1n) is 14.0. The van der Waals surface area contributed by atoms with Crippen LogP contribution in [-0.4, -0.2) is 65.7 Å². The summed E-state index contributed by atoms with van der Waals surface area (Å²) in [6.45, 7) is 4.63. The highest BCUT2D eigenvalue weighted by Gasteiger charge is 2.25. The molecule has 1 aliphatic rings. The standard InChI is InChI=1S/C34H33N5O3/c1-24-9-13-27(14-10-24)39-22-28(26-7-5-4-6-8-26)32-33(35-23-36-34(32)39)38-19-17-37(18-20-38)31(40)16-12-25-11-15-29(41-2)30(21-25)42-3/h4-16,21-23H,17-20H2,1-3H3/b16-12+. The Labute approximate surface area is 245 Å². The minimum Gasteiger partial charge on any atom is -0.493 e. The number of nitrogens with zero attached hydrogens (tertiary/aromatic N) is 5. The Balaban J connectivity index is 1.26. The summed E-state index contributed by atoms with van der Waals surface area (Å²) in [7, 11) is 3.20. The fourth-order valence-corrected chi connectivity index (χ4v) is 5.39. The zero-order valence-electron chi connectivity index (χ0n) is 24.0. The molecule has 3 heterocycles. The van der Waals surface area contributed by atoms with E-state index in [9.17, 15) is 4.79 Å². The van der Waals surface area contributed by atoms with Gasteiger partial charge in [0.05, 0.1) is 19.6 Å². The van der Waals surface area contributed by atoms with Gasteiger partial charge in [-0.1, -0.05) is 54.1 Å². The maximum absolute atomic E-state index is 13.1. The summed E-state index contributed by atoms with van der Waals surface area (Å²) in [4.78, 5) is 26.7.